The predicted molar refractivity (Wildman–Crippen MR) is 94.0 cm³/mol. The smallest absolute Gasteiger partial charge is 0.330 e. The van der Waals surface area contributed by atoms with Gasteiger partial charge in [-0.3, -0.25) is 0 Å². The average Bonchev–Trinajstić information content (AvgIpc) is 2.46. The van der Waals surface area contributed by atoms with E-state index in [4.69, 9.17) is 4.74 Å². The van der Waals surface area contributed by atoms with Gasteiger partial charge >= 0.3 is 5.97 Å². The summed E-state index contributed by atoms with van der Waals surface area (Å²) < 4.78 is 4.85. The number of esters is 1. The number of carbonyl (C=O) groups is 1. The molecule has 3 nitrogen and oxygen atoms in total. The molecule has 0 aliphatic carbocycles. The molecule has 0 unspecified atom stereocenters. The molecule has 0 bridgehead atoms. The van der Waals surface area contributed by atoms with Gasteiger partial charge in [-0.1, -0.05) is 52.0 Å². The molecule has 0 saturated carbocycles. The summed E-state index contributed by atoms with van der Waals surface area (Å²) in [5.74, 6) is -0.326. The second kappa shape index (κ2) is 8.29. The van der Waals surface area contributed by atoms with E-state index in [1.54, 1.807) is 13.0 Å². The van der Waals surface area contributed by atoms with Gasteiger partial charge in [-0.05, 0) is 41.3 Å². The Bertz CT molecular complexity index is 496. The summed E-state index contributed by atoms with van der Waals surface area (Å²) >= 11 is 0. The highest BCUT2D eigenvalue weighted by Gasteiger charge is 2.38. The Labute approximate surface area is 135 Å². The standard InChI is InChI=1S/C18H28O3Si/c1-6-21-18(19)12-11-16-7-9-17(10-8-16)13-22(20,14(2)3)15(4)5/h7-12,14-15,20H,6,13H2,1-5H3/b12-11+. The van der Waals surface area contributed by atoms with Crippen LogP contribution < -0.4 is 0 Å². The van der Waals surface area contributed by atoms with Crippen molar-refractivity contribution >= 4 is 20.4 Å². The van der Waals surface area contributed by atoms with Crippen molar-refractivity contribution in [3.63, 3.8) is 0 Å². The van der Waals surface area contributed by atoms with Gasteiger partial charge in [-0.25, -0.2) is 4.79 Å². The van der Waals surface area contributed by atoms with Crippen LogP contribution in [0.4, 0.5) is 0 Å². The lowest BCUT2D eigenvalue weighted by molar-refractivity contribution is -0.137. The molecule has 22 heavy (non-hydrogen) atoms. The number of carbonyl (C=O) groups excluding carboxylic acids is 1. The van der Waals surface area contributed by atoms with Crippen molar-refractivity contribution in [3.8, 4) is 0 Å². The van der Waals surface area contributed by atoms with Crippen LogP contribution in [0.15, 0.2) is 30.3 Å². The summed E-state index contributed by atoms with van der Waals surface area (Å²) in [7, 11) is -2.30. The third-order valence-electron chi connectivity index (χ3n) is 4.17. The number of ether oxygens (including phenoxy) is 1. The molecule has 0 spiro atoms. The van der Waals surface area contributed by atoms with Gasteiger partial charge < -0.3 is 9.53 Å². The molecular formula is C18H28O3Si. The quantitative estimate of drug-likeness (QED) is 0.467. The fourth-order valence-electron chi connectivity index (χ4n) is 2.50. The van der Waals surface area contributed by atoms with Gasteiger partial charge in [-0.15, -0.1) is 0 Å². The van der Waals surface area contributed by atoms with E-state index in [1.807, 2.05) is 24.3 Å². The zero-order chi connectivity index (χ0) is 16.8. The third kappa shape index (κ3) is 5.11. The third-order valence-corrected chi connectivity index (χ3v) is 9.14. The van der Waals surface area contributed by atoms with E-state index >= 15 is 0 Å². The van der Waals surface area contributed by atoms with Crippen molar-refractivity contribution < 1.29 is 14.3 Å². The van der Waals surface area contributed by atoms with E-state index in [0.717, 1.165) is 17.2 Å². The molecule has 122 valence electrons. The summed E-state index contributed by atoms with van der Waals surface area (Å²) in [6.07, 6.45) is 3.18. The molecule has 0 radical (unpaired) electrons. The first-order valence-corrected chi connectivity index (χ1v) is 10.3. The van der Waals surface area contributed by atoms with Gasteiger partial charge in [0.25, 0.3) is 0 Å². The zero-order valence-corrected chi connectivity index (χ0v) is 15.3. The molecule has 1 aromatic carbocycles. The monoisotopic (exact) mass is 320 g/mol. The summed E-state index contributed by atoms with van der Waals surface area (Å²) in [6, 6.07) is 8.78. The van der Waals surface area contributed by atoms with Crippen molar-refractivity contribution in [3.05, 3.63) is 41.5 Å². The maximum atomic E-state index is 11.3. The van der Waals surface area contributed by atoms with Gasteiger partial charge in [0.2, 0.25) is 0 Å². The molecule has 0 heterocycles. The van der Waals surface area contributed by atoms with Gasteiger partial charge in [0.05, 0.1) is 6.61 Å². The van der Waals surface area contributed by atoms with Crippen molar-refractivity contribution in [1.29, 1.82) is 0 Å². The lowest BCUT2D eigenvalue weighted by Crippen LogP contribution is -2.44. The van der Waals surface area contributed by atoms with Crippen LogP contribution in [0.5, 0.6) is 0 Å². The first-order chi connectivity index (χ1) is 10.3. The predicted octanol–water partition coefficient (Wildman–Crippen LogP) is 4.10. The summed E-state index contributed by atoms with van der Waals surface area (Å²) in [4.78, 5) is 22.3. The highest BCUT2D eigenvalue weighted by Crippen LogP contribution is 2.32. The maximum absolute atomic E-state index is 11.3. The summed E-state index contributed by atoms with van der Waals surface area (Å²) in [5, 5.41) is 0. The Morgan fingerprint density at radius 3 is 2.18 bits per heavy atom. The SMILES string of the molecule is CCOC(=O)/C=C/c1ccc(C[Si](O)(C(C)C)C(C)C)cc1. The van der Waals surface area contributed by atoms with Gasteiger partial charge in [0.15, 0.2) is 8.32 Å². The second-order valence-corrected chi connectivity index (χ2v) is 10.9. The average molecular weight is 321 g/mol. The van der Waals surface area contributed by atoms with Crippen molar-refractivity contribution in [2.75, 3.05) is 6.61 Å². The van der Waals surface area contributed by atoms with Crippen LogP contribution in [0.2, 0.25) is 11.1 Å². The molecule has 0 saturated heterocycles. The number of rotatable bonds is 7. The van der Waals surface area contributed by atoms with Crippen LogP contribution in [-0.4, -0.2) is 25.7 Å². The number of hydrogen-bond acceptors (Lipinski definition) is 3. The number of benzene rings is 1. The van der Waals surface area contributed by atoms with Crippen molar-refractivity contribution in [2.24, 2.45) is 0 Å². The van der Waals surface area contributed by atoms with Crippen LogP contribution in [-0.2, 0) is 15.6 Å². The van der Waals surface area contributed by atoms with Gasteiger partial charge in [0, 0.05) is 6.08 Å². The zero-order valence-electron chi connectivity index (χ0n) is 14.3. The maximum Gasteiger partial charge on any atom is 0.330 e. The molecular weight excluding hydrogens is 292 g/mol. The van der Waals surface area contributed by atoms with E-state index in [-0.39, 0.29) is 5.97 Å². The van der Waals surface area contributed by atoms with E-state index in [2.05, 4.69) is 27.7 Å². The van der Waals surface area contributed by atoms with Gasteiger partial charge in [-0.2, -0.15) is 0 Å². The number of hydrogen-bond donors (Lipinski definition) is 1. The Hall–Kier alpha value is -1.39. The molecule has 0 aliphatic heterocycles. The molecule has 4 heteroatoms. The Morgan fingerprint density at radius 1 is 1.18 bits per heavy atom. The molecule has 0 aliphatic rings. The lowest BCUT2D eigenvalue weighted by atomic mass is 10.1. The van der Waals surface area contributed by atoms with E-state index in [0.29, 0.717) is 17.7 Å². The second-order valence-electron chi connectivity index (χ2n) is 6.30. The summed E-state index contributed by atoms with van der Waals surface area (Å²) in [6.45, 7) is 10.6. The Morgan fingerprint density at radius 2 is 1.73 bits per heavy atom. The molecule has 0 aromatic heterocycles. The minimum Gasteiger partial charge on any atom is -0.463 e. The van der Waals surface area contributed by atoms with Crippen LogP contribution in [0.3, 0.4) is 0 Å². The molecule has 0 atom stereocenters. The van der Waals surface area contributed by atoms with Crippen LogP contribution in [0, 0.1) is 0 Å². The molecule has 1 N–H and O–H groups in total. The van der Waals surface area contributed by atoms with Crippen LogP contribution in [0.25, 0.3) is 6.08 Å². The topological polar surface area (TPSA) is 46.5 Å². The van der Waals surface area contributed by atoms with Crippen molar-refractivity contribution in [1.82, 2.24) is 0 Å². The Kier molecular flexibility index (Phi) is 7.03. The van der Waals surface area contributed by atoms with Gasteiger partial charge in [0.1, 0.15) is 0 Å². The molecule has 1 rings (SSSR count). The molecule has 0 fully saturated rings. The fourth-order valence-corrected chi connectivity index (χ4v) is 5.54. The van der Waals surface area contributed by atoms with Crippen LogP contribution in [0.1, 0.15) is 45.7 Å². The fraction of sp³-hybridized carbons (Fsp3) is 0.500. The Balaban J connectivity index is 2.79. The molecule has 0 amide bonds. The van der Waals surface area contributed by atoms with E-state index < -0.39 is 8.32 Å². The van der Waals surface area contributed by atoms with E-state index in [1.165, 1.54) is 6.08 Å². The highest BCUT2D eigenvalue weighted by molar-refractivity contribution is 6.74. The summed E-state index contributed by atoms with van der Waals surface area (Å²) in [5.41, 5.74) is 2.77. The normalized spacial score (nSPS) is 12.4. The first kappa shape index (κ1) is 18.7. The van der Waals surface area contributed by atoms with Crippen LogP contribution >= 0.6 is 0 Å². The minimum absolute atomic E-state index is 0.326. The minimum atomic E-state index is -2.30. The largest absolute Gasteiger partial charge is 0.463 e. The first-order valence-electron chi connectivity index (χ1n) is 7.95. The lowest BCUT2D eigenvalue weighted by Gasteiger charge is -2.33. The molecule has 1 aromatic rings. The highest BCUT2D eigenvalue weighted by atomic mass is 28.4. The van der Waals surface area contributed by atoms with Crippen molar-refractivity contribution in [2.45, 2.75) is 51.7 Å². The van der Waals surface area contributed by atoms with E-state index in [9.17, 15) is 9.59 Å².